The van der Waals surface area contributed by atoms with Gasteiger partial charge in [-0.1, -0.05) is 11.6 Å². The number of carbonyl (C=O) groups is 2. The molecule has 2 fully saturated rings. The first kappa shape index (κ1) is 34.3. The number of imide groups is 1. The van der Waals surface area contributed by atoms with Gasteiger partial charge in [0.25, 0.3) is 0 Å². The summed E-state index contributed by atoms with van der Waals surface area (Å²) < 4.78 is 5.06. The minimum Gasteiger partial charge on any atom is -0.390 e. The Morgan fingerprint density at radius 2 is 1.80 bits per heavy atom. The lowest BCUT2D eigenvalue weighted by Gasteiger charge is -2.38. The molecular weight excluding hydrogens is 674 g/mol. The number of hydrogen-bond donors (Lipinski definition) is 3. The molecule has 51 heavy (non-hydrogen) atoms. The largest absolute Gasteiger partial charge is 0.390 e. The van der Waals surface area contributed by atoms with Crippen LogP contribution in [0.3, 0.4) is 0 Å². The number of imidazole rings is 1. The second-order valence-electron chi connectivity index (χ2n) is 14.0. The summed E-state index contributed by atoms with van der Waals surface area (Å²) in [5.74, 6) is 1.28. The van der Waals surface area contributed by atoms with Crippen LogP contribution in [-0.4, -0.2) is 84.3 Å². The van der Waals surface area contributed by atoms with E-state index in [4.69, 9.17) is 16.6 Å². The van der Waals surface area contributed by atoms with E-state index in [0.29, 0.717) is 42.1 Å². The maximum Gasteiger partial charge on any atom is 0.329 e. The van der Waals surface area contributed by atoms with Gasteiger partial charge in [-0.25, -0.2) is 14.6 Å². The predicted octanol–water partition coefficient (Wildman–Crippen LogP) is 4.13. The molecule has 0 unspecified atom stereocenters. The van der Waals surface area contributed by atoms with Gasteiger partial charge in [0.2, 0.25) is 11.9 Å². The third-order valence-electron chi connectivity index (χ3n) is 9.90. The zero-order valence-electron chi connectivity index (χ0n) is 29.4. The van der Waals surface area contributed by atoms with Crippen molar-refractivity contribution in [1.82, 2.24) is 34.2 Å². The van der Waals surface area contributed by atoms with Crippen molar-refractivity contribution in [1.29, 1.82) is 0 Å². The van der Waals surface area contributed by atoms with Crippen molar-refractivity contribution < 1.29 is 14.7 Å². The average Bonchev–Trinajstić information content (AvgIpc) is 3.55. The lowest BCUT2D eigenvalue weighted by molar-refractivity contribution is -0.120. The molecule has 2 aromatic carbocycles. The first-order valence-electron chi connectivity index (χ1n) is 17.0. The Balaban J connectivity index is 1.04. The third kappa shape index (κ3) is 6.70. The summed E-state index contributed by atoms with van der Waals surface area (Å²) >= 11 is 6.57. The van der Waals surface area contributed by atoms with Crippen LogP contribution in [-0.2, 0) is 25.4 Å². The molecule has 0 spiro atoms. The number of aliphatic hydroxyl groups is 1. The molecule has 0 radical (unpaired) electrons. The Morgan fingerprint density at radius 1 is 1.04 bits per heavy atom. The summed E-state index contributed by atoms with van der Waals surface area (Å²) in [7, 11) is 5.60. The number of benzene rings is 2. The number of carbonyl (C=O) groups excluding carboxylic acids is 2. The number of fused-ring (bicyclic) bond motifs is 2. The highest BCUT2D eigenvalue weighted by atomic mass is 35.5. The molecule has 7 rings (SSSR count). The molecule has 2 aliphatic rings. The SMILES string of the molecule is CN(c1ncc(Cl)c(Nc2ccc3c(c2)n(CCC(C)(C)O)c(=O)n3C)n1)C1CCN(c2ccc3c(N4CCC(=O)NC4=O)nn(C)c3c2)CC1. The van der Waals surface area contributed by atoms with Gasteiger partial charge in [0.1, 0.15) is 5.02 Å². The van der Waals surface area contributed by atoms with Crippen LogP contribution in [0.15, 0.2) is 47.4 Å². The zero-order valence-corrected chi connectivity index (χ0v) is 30.1. The molecule has 2 aliphatic heterocycles. The van der Waals surface area contributed by atoms with Crippen LogP contribution >= 0.6 is 11.6 Å². The van der Waals surface area contributed by atoms with Crippen molar-refractivity contribution in [2.24, 2.45) is 14.1 Å². The number of aryl methyl sites for hydroxylation is 3. The fraction of sp³-hybridized carbons (Fsp3) is 0.429. The van der Waals surface area contributed by atoms with Gasteiger partial charge in [-0.05, 0) is 69.5 Å². The molecule has 0 bridgehead atoms. The summed E-state index contributed by atoms with van der Waals surface area (Å²) in [5, 5.41) is 21.8. The first-order chi connectivity index (χ1) is 24.3. The van der Waals surface area contributed by atoms with E-state index in [2.05, 4.69) is 42.6 Å². The molecule has 3 amide bonds. The van der Waals surface area contributed by atoms with Crippen LogP contribution in [0.25, 0.3) is 21.9 Å². The number of nitrogens with one attached hydrogen (secondary N) is 2. The minimum atomic E-state index is -0.900. The highest BCUT2D eigenvalue weighted by Crippen LogP contribution is 2.33. The van der Waals surface area contributed by atoms with Gasteiger partial charge in [0.15, 0.2) is 11.6 Å². The van der Waals surface area contributed by atoms with E-state index in [-0.39, 0.29) is 24.1 Å². The Hall–Kier alpha value is -5.15. The second-order valence-corrected chi connectivity index (χ2v) is 14.4. The maximum atomic E-state index is 13.0. The fourth-order valence-electron chi connectivity index (χ4n) is 6.91. The monoisotopic (exact) mass is 715 g/mol. The summed E-state index contributed by atoms with van der Waals surface area (Å²) in [4.78, 5) is 52.4. The number of urea groups is 1. The van der Waals surface area contributed by atoms with Crippen LogP contribution in [0.4, 0.5) is 33.8 Å². The summed E-state index contributed by atoms with van der Waals surface area (Å²) in [6.45, 7) is 5.80. The van der Waals surface area contributed by atoms with E-state index in [9.17, 15) is 19.5 Å². The van der Waals surface area contributed by atoms with Crippen molar-refractivity contribution in [2.45, 2.75) is 57.7 Å². The molecule has 0 atom stereocenters. The van der Waals surface area contributed by atoms with Gasteiger partial charge in [-0.15, -0.1) is 0 Å². The van der Waals surface area contributed by atoms with E-state index in [1.165, 1.54) is 4.90 Å². The quantitative estimate of drug-likeness (QED) is 0.203. The normalized spacial score (nSPS) is 16.0. The van der Waals surface area contributed by atoms with Crippen LogP contribution in [0.1, 0.15) is 39.5 Å². The van der Waals surface area contributed by atoms with Gasteiger partial charge in [-0.3, -0.25) is 28.8 Å². The second kappa shape index (κ2) is 13.2. The number of halogens is 1. The molecule has 5 heterocycles. The van der Waals surface area contributed by atoms with Gasteiger partial charge < -0.3 is 20.2 Å². The smallest absolute Gasteiger partial charge is 0.329 e. The first-order valence-corrected chi connectivity index (χ1v) is 17.4. The number of anilines is 5. The number of aromatic nitrogens is 6. The Morgan fingerprint density at radius 3 is 2.53 bits per heavy atom. The number of rotatable bonds is 9. The summed E-state index contributed by atoms with van der Waals surface area (Å²) in [5.41, 5.74) is 3.20. The van der Waals surface area contributed by atoms with E-state index < -0.39 is 11.6 Å². The van der Waals surface area contributed by atoms with Crippen molar-refractivity contribution in [3.8, 4) is 0 Å². The van der Waals surface area contributed by atoms with Gasteiger partial charge in [-0.2, -0.15) is 10.1 Å². The molecule has 0 aliphatic carbocycles. The Labute approximate surface area is 299 Å². The standard InChI is InChI=1S/C35H42ClN11O4/c1-35(2,51)13-17-46-28-18-21(6-9-26(28)43(4)34(46)50)38-30-25(36)20-37-32(40-30)42(3)22-10-14-45(15-11-22)23-7-8-24-27(19-23)44(5)41-31(24)47-16-12-29(48)39-33(47)49/h6-9,18-20,22,51H,10-17H2,1-5H3,(H,37,38,40)(H,39,48,49). The summed E-state index contributed by atoms with van der Waals surface area (Å²) in [6, 6.07) is 11.6. The van der Waals surface area contributed by atoms with Crippen LogP contribution in [0.2, 0.25) is 5.02 Å². The van der Waals surface area contributed by atoms with Gasteiger partial charge in [0.05, 0.1) is 28.3 Å². The topological polar surface area (TPSA) is 159 Å². The van der Waals surface area contributed by atoms with Crippen LogP contribution in [0.5, 0.6) is 0 Å². The van der Waals surface area contributed by atoms with Crippen molar-refractivity contribution in [3.63, 3.8) is 0 Å². The molecule has 268 valence electrons. The van der Waals surface area contributed by atoms with Crippen LogP contribution in [0, 0.1) is 0 Å². The van der Waals surface area contributed by atoms with E-state index in [1.54, 1.807) is 40.9 Å². The van der Waals surface area contributed by atoms with Gasteiger partial charge in [0, 0.05) is 76.5 Å². The molecule has 16 heteroatoms. The number of piperidine rings is 1. The highest BCUT2D eigenvalue weighted by Gasteiger charge is 2.29. The van der Waals surface area contributed by atoms with Gasteiger partial charge >= 0.3 is 11.7 Å². The van der Waals surface area contributed by atoms with Crippen LogP contribution < -0.4 is 31.0 Å². The predicted molar refractivity (Wildman–Crippen MR) is 198 cm³/mol. The van der Waals surface area contributed by atoms with Crippen molar-refractivity contribution in [3.05, 3.63) is 58.1 Å². The Kier molecular flexibility index (Phi) is 8.87. The summed E-state index contributed by atoms with van der Waals surface area (Å²) in [6.07, 6.45) is 4.04. The molecule has 3 N–H and O–H groups in total. The van der Waals surface area contributed by atoms with Crippen molar-refractivity contribution >= 4 is 74.4 Å². The highest BCUT2D eigenvalue weighted by molar-refractivity contribution is 6.33. The molecule has 0 saturated carbocycles. The lowest BCUT2D eigenvalue weighted by atomic mass is 10.0. The zero-order chi connectivity index (χ0) is 36.2. The van der Waals surface area contributed by atoms with Crippen molar-refractivity contribution in [2.75, 3.05) is 46.7 Å². The molecule has 15 nitrogen and oxygen atoms in total. The lowest BCUT2D eigenvalue weighted by Crippen LogP contribution is -2.49. The minimum absolute atomic E-state index is 0.143. The number of hydrogen-bond acceptors (Lipinski definition) is 10. The molecule has 5 aromatic rings. The molecular formula is C35H42ClN11O4. The number of nitrogens with zero attached hydrogens (tertiary/aromatic N) is 9. The van der Waals surface area contributed by atoms with E-state index in [0.717, 1.165) is 59.2 Å². The fourth-order valence-corrected chi connectivity index (χ4v) is 7.04. The maximum absolute atomic E-state index is 13.0. The third-order valence-corrected chi connectivity index (χ3v) is 10.2. The molecule has 2 saturated heterocycles. The average molecular weight is 716 g/mol. The number of amides is 3. The van der Waals surface area contributed by atoms with E-state index in [1.807, 2.05) is 38.4 Å². The van der Waals surface area contributed by atoms with E-state index >= 15 is 0 Å². The Bertz CT molecular complexity index is 2210. The molecule has 3 aromatic heterocycles.